The van der Waals surface area contributed by atoms with Crippen LogP contribution >= 0.6 is 31.9 Å². The van der Waals surface area contributed by atoms with E-state index in [1.807, 2.05) is 0 Å². The molecule has 0 heterocycles. The average molecular weight is 368 g/mol. The van der Waals surface area contributed by atoms with Crippen LogP contribution in [0, 0.1) is 11.6 Å². The highest BCUT2D eigenvalue weighted by Gasteiger charge is 2.28. The molecule has 1 aliphatic rings. The van der Waals surface area contributed by atoms with Crippen LogP contribution in [-0.2, 0) is 0 Å². The molecule has 2 atom stereocenters. The number of rotatable bonds is 1. The van der Waals surface area contributed by atoms with Crippen molar-refractivity contribution in [2.24, 2.45) is 0 Å². The van der Waals surface area contributed by atoms with Crippen LogP contribution in [-0.4, -0.2) is 4.83 Å². The number of hydrogen-bond acceptors (Lipinski definition) is 0. The minimum Gasteiger partial charge on any atom is -0.207 e. The fourth-order valence-electron chi connectivity index (χ4n) is 2.47. The van der Waals surface area contributed by atoms with Crippen LogP contribution in [0.5, 0.6) is 0 Å². The topological polar surface area (TPSA) is 0 Å². The minimum atomic E-state index is -0.443. The summed E-state index contributed by atoms with van der Waals surface area (Å²) in [5.74, 6) is -0.932. The van der Waals surface area contributed by atoms with Crippen LogP contribution in [0.15, 0.2) is 16.6 Å². The molecule has 1 saturated carbocycles. The highest BCUT2D eigenvalue weighted by atomic mass is 79.9. The van der Waals surface area contributed by atoms with E-state index in [2.05, 4.69) is 31.9 Å². The number of hydrogen-bond donors (Lipinski definition) is 0. The van der Waals surface area contributed by atoms with Crippen LogP contribution in [0.4, 0.5) is 8.78 Å². The summed E-state index contributed by atoms with van der Waals surface area (Å²) in [4.78, 5) is 0.170. The predicted molar refractivity (Wildman–Crippen MR) is 72.6 cm³/mol. The highest BCUT2D eigenvalue weighted by Crippen LogP contribution is 2.39. The Hall–Kier alpha value is 0.0400. The Morgan fingerprint density at radius 2 is 1.76 bits per heavy atom. The first-order valence-electron chi connectivity index (χ1n) is 5.88. The molecule has 0 N–H and O–H groups in total. The molecule has 1 aromatic carbocycles. The molecule has 2 rings (SSSR count). The van der Waals surface area contributed by atoms with Gasteiger partial charge in [0.15, 0.2) is 0 Å². The molecule has 17 heavy (non-hydrogen) atoms. The fraction of sp³-hybridized carbons (Fsp3) is 0.538. The Labute approximate surface area is 117 Å². The first-order valence-corrected chi connectivity index (χ1v) is 7.59. The second-order valence-corrected chi connectivity index (χ2v) is 6.55. The lowest BCUT2D eigenvalue weighted by Crippen LogP contribution is -2.14. The number of alkyl halides is 1. The van der Waals surface area contributed by atoms with Crippen molar-refractivity contribution in [2.75, 3.05) is 0 Å². The molecule has 0 aliphatic heterocycles. The van der Waals surface area contributed by atoms with Gasteiger partial charge in [-0.2, -0.15) is 0 Å². The van der Waals surface area contributed by atoms with E-state index in [0.717, 1.165) is 32.1 Å². The normalized spacial score (nSPS) is 25.6. The Bertz CT molecular complexity index is 407. The second kappa shape index (κ2) is 5.79. The molecule has 0 radical (unpaired) electrons. The van der Waals surface area contributed by atoms with E-state index in [9.17, 15) is 8.78 Å². The van der Waals surface area contributed by atoms with Crippen molar-refractivity contribution >= 4 is 31.9 Å². The van der Waals surface area contributed by atoms with Gasteiger partial charge in [-0.1, -0.05) is 35.2 Å². The molecule has 1 fully saturated rings. The van der Waals surface area contributed by atoms with Gasteiger partial charge in [0.2, 0.25) is 0 Å². The summed E-state index contributed by atoms with van der Waals surface area (Å²) < 4.78 is 28.2. The van der Waals surface area contributed by atoms with Crippen molar-refractivity contribution in [3.05, 3.63) is 33.8 Å². The van der Waals surface area contributed by atoms with Gasteiger partial charge in [0.25, 0.3) is 0 Å². The van der Waals surface area contributed by atoms with E-state index in [1.165, 1.54) is 12.1 Å². The highest BCUT2D eigenvalue weighted by molar-refractivity contribution is 9.10. The largest absolute Gasteiger partial charge is 0.207 e. The summed E-state index contributed by atoms with van der Waals surface area (Å²) >= 11 is 6.71. The van der Waals surface area contributed by atoms with Crippen LogP contribution in [0.2, 0.25) is 0 Å². The molecule has 0 bridgehead atoms. The van der Waals surface area contributed by atoms with Crippen molar-refractivity contribution in [3.8, 4) is 0 Å². The lowest BCUT2D eigenvalue weighted by atomic mass is 9.91. The van der Waals surface area contributed by atoms with Crippen LogP contribution in [0.1, 0.15) is 43.6 Å². The second-order valence-electron chi connectivity index (χ2n) is 4.52. The Kier molecular flexibility index (Phi) is 4.59. The lowest BCUT2D eigenvalue weighted by molar-refractivity contribution is 0.498. The minimum absolute atomic E-state index is 0.0602. The quantitative estimate of drug-likeness (QED) is 0.347. The lowest BCUT2D eigenvalue weighted by Gasteiger charge is -2.22. The van der Waals surface area contributed by atoms with Gasteiger partial charge < -0.3 is 0 Å². The summed E-state index contributed by atoms with van der Waals surface area (Å²) in [5.41, 5.74) is 0.239. The average Bonchev–Trinajstić information content (AvgIpc) is 2.50. The van der Waals surface area contributed by atoms with Crippen molar-refractivity contribution < 1.29 is 8.78 Å². The monoisotopic (exact) mass is 366 g/mol. The maximum atomic E-state index is 14.0. The van der Waals surface area contributed by atoms with Gasteiger partial charge in [-0.05, 0) is 40.9 Å². The third kappa shape index (κ3) is 2.90. The summed E-state index contributed by atoms with van der Waals surface area (Å²) in [5, 5.41) is 0. The maximum Gasteiger partial charge on any atom is 0.143 e. The fourth-order valence-corrected chi connectivity index (χ4v) is 3.67. The molecule has 0 nitrogen and oxygen atoms in total. The van der Waals surface area contributed by atoms with Gasteiger partial charge in [-0.25, -0.2) is 8.78 Å². The summed E-state index contributed by atoms with van der Waals surface area (Å²) in [6.45, 7) is 0. The summed E-state index contributed by atoms with van der Waals surface area (Å²) in [6, 6.07) is 2.77. The van der Waals surface area contributed by atoms with E-state index >= 15 is 0 Å². The molecule has 94 valence electrons. The van der Waals surface area contributed by atoms with Crippen molar-refractivity contribution in [1.29, 1.82) is 0 Å². The molecule has 1 aliphatic carbocycles. The standard InChI is InChI=1S/C13H14Br2F2/c14-9-5-3-1-2-4-8(9)12-11(16)7-6-10(15)13(12)17/h6-9H,1-5H2. The van der Waals surface area contributed by atoms with Gasteiger partial charge in [0.05, 0.1) is 4.47 Å². The third-order valence-corrected chi connectivity index (χ3v) is 5.09. The zero-order valence-electron chi connectivity index (χ0n) is 9.36. The van der Waals surface area contributed by atoms with Gasteiger partial charge in [-0.15, -0.1) is 0 Å². The van der Waals surface area contributed by atoms with Gasteiger partial charge >= 0.3 is 0 Å². The first-order chi connectivity index (χ1) is 8.11. The molecule has 0 spiro atoms. The zero-order chi connectivity index (χ0) is 12.4. The summed E-state index contributed by atoms with van der Waals surface area (Å²) in [6.07, 6.45) is 5.15. The van der Waals surface area contributed by atoms with Crippen LogP contribution < -0.4 is 0 Å². The van der Waals surface area contributed by atoms with Crippen LogP contribution in [0.25, 0.3) is 0 Å². The predicted octanol–water partition coefficient (Wildman–Crippen LogP) is 5.54. The zero-order valence-corrected chi connectivity index (χ0v) is 12.5. The van der Waals surface area contributed by atoms with Gasteiger partial charge in [-0.3, -0.25) is 0 Å². The van der Waals surface area contributed by atoms with E-state index in [4.69, 9.17) is 0 Å². The molecular formula is C13H14Br2F2. The van der Waals surface area contributed by atoms with Crippen molar-refractivity contribution in [3.63, 3.8) is 0 Å². The Balaban J connectivity index is 2.40. The molecule has 0 saturated heterocycles. The van der Waals surface area contributed by atoms with Crippen LogP contribution in [0.3, 0.4) is 0 Å². The SMILES string of the molecule is Fc1ccc(Br)c(F)c1C1CCCCCC1Br. The van der Waals surface area contributed by atoms with Crippen molar-refractivity contribution in [2.45, 2.75) is 42.8 Å². The number of halogens is 4. The van der Waals surface area contributed by atoms with E-state index in [0.29, 0.717) is 4.47 Å². The van der Waals surface area contributed by atoms with E-state index < -0.39 is 11.6 Å². The molecular weight excluding hydrogens is 354 g/mol. The van der Waals surface area contributed by atoms with Gasteiger partial charge in [0.1, 0.15) is 11.6 Å². The maximum absolute atomic E-state index is 14.0. The van der Waals surface area contributed by atoms with Gasteiger partial charge in [0, 0.05) is 16.3 Å². The van der Waals surface area contributed by atoms with E-state index in [-0.39, 0.29) is 16.3 Å². The van der Waals surface area contributed by atoms with Crippen molar-refractivity contribution in [1.82, 2.24) is 0 Å². The molecule has 4 heteroatoms. The molecule has 1 aromatic rings. The molecule has 0 aromatic heterocycles. The smallest absolute Gasteiger partial charge is 0.143 e. The molecule has 2 unspecified atom stereocenters. The Morgan fingerprint density at radius 1 is 1.06 bits per heavy atom. The number of benzene rings is 1. The molecule has 0 amide bonds. The third-order valence-electron chi connectivity index (χ3n) is 3.38. The Morgan fingerprint density at radius 3 is 2.53 bits per heavy atom. The summed E-state index contributed by atoms with van der Waals surface area (Å²) in [7, 11) is 0. The van der Waals surface area contributed by atoms with E-state index in [1.54, 1.807) is 0 Å². The first kappa shape index (κ1) is 13.5.